The number of nitro benzene ring substituents is 1. The van der Waals surface area contributed by atoms with Gasteiger partial charge in [-0.1, -0.05) is 29.5 Å². The van der Waals surface area contributed by atoms with Crippen LogP contribution in [0.15, 0.2) is 62.9 Å². The highest BCUT2D eigenvalue weighted by Gasteiger charge is 2.19. The van der Waals surface area contributed by atoms with Gasteiger partial charge in [-0.25, -0.2) is 0 Å². The van der Waals surface area contributed by atoms with Crippen molar-refractivity contribution in [2.45, 2.75) is 36.6 Å². The fourth-order valence-corrected chi connectivity index (χ4v) is 3.79. The number of hydrogen-bond acceptors (Lipinski definition) is 5. The molecular weight excluding hydrogens is 456 g/mol. The predicted molar refractivity (Wildman–Crippen MR) is 116 cm³/mol. The quantitative estimate of drug-likeness (QED) is 0.375. The van der Waals surface area contributed by atoms with Crippen LogP contribution in [0.4, 0.5) is 11.4 Å². The van der Waals surface area contributed by atoms with E-state index in [0.717, 1.165) is 20.6 Å². The number of non-ortho nitro benzene ring substituents is 1. The lowest BCUT2D eigenvalue weighted by Crippen LogP contribution is -2.24. The second-order valence-corrected chi connectivity index (χ2v) is 8.60. The molecule has 3 rings (SSSR count). The summed E-state index contributed by atoms with van der Waals surface area (Å²) < 4.78 is 2.36. The maximum Gasteiger partial charge on any atom is 0.272 e. The molecular formula is C20H19BrN4O3S. The number of aromatic nitrogens is 2. The maximum atomic E-state index is 12.7. The summed E-state index contributed by atoms with van der Waals surface area (Å²) in [6.45, 7) is 5.55. The number of aryl methyl sites for hydroxylation is 2. The molecule has 0 radical (unpaired) electrons. The van der Waals surface area contributed by atoms with Gasteiger partial charge in [-0.2, -0.15) is 5.10 Å². The summed E-state index contributed by atoms with van der Waals surface area (Å²) in [5.74, 6) is -0.313. The minimum Gasteiger partial charge on any atom is -0.324 e. The summed E-state index contributed by atoms with van der Waals surface area (Å²) in [4.78, 5) is 25.2. The summed E-state index contributed by atoms with van der Waals surface area (Å²) in [6.07, 6.45) is 1.73. The van der Waals surface area contributed by atoms with Crippen LogP contribution in [0.25, 0.3) is 0 Å². The van der Waals surface area contributed by atoms with Crippen molar-refractivity contribution in [3.8, 4) is 0 Å². The van der Waals surface area contributed by atoms with Crippen molar-refractivity contribution in [2.24, 2.45) is 0 Å². The molecule has 0 saturated carbocycles. The molecule has 7 nitrogen and oxygen atoms in total. The highest BCUT2D eigenvalue weighted by atomic mass is 79.9. The molecule has 150 valence electrons. The van der Waals surface area contributed by atoms with E-state index in [-0.39, 0.29) is 11.6 Å². The summed E-state index contributed by atoms with van der Waals surface area (Å²) >= 11 is 4.78. The van der Waals surface area contributed by atoms with Gasteiger partial charge in [0.1, 0.15) is 6.04 Å². The average Bonchev–Trinajstić information content (AvgIpc) is 3.01. The van der Waals surface area contributed by atoms with Gasteiger partial charge in [-0.05, 0) is 54.9 Å². The second-order valence-electron chi connectivity index (χ2n) is 6.60. The smallest absolute Gasteiger partial charge is 0.272 e. The first kappa shape index (κ1) is 21.1. The van der Waals surface area contributed by atoms with E-state index >= 15 is 0 Å². The molecule has 0 fully saturated rings. The molecule has 1 aromatic heterocycles. The lowest BCUT2D eigenvalue weighted by Gasteiger charge is -2.13. The van der Waals surface area contributed by atoms with Gasteiger partial charge in [0.05, 0.1) is 15.1 Å². The van der Waals surface area contributed by atoms with Crippen LogP contribution in [-0.4, -0.2) is 20.6 Å². The van der Waals surface area contributed by atoms with Crippen molar-refractivity contribution in [1.82, 2.24) is 9.78 Å². The van der Waals surface area contributed by atoms with Gasteiger partial charge in [-0.15, -0.1) is 0 Å². The second kappa shape index (κ2) is 8.79. The zero-order valence-electron chi connectivity index (χ0n) is 16.0. The largest absolute Gasteiger partial charge is 0.324 e. The molecule has 29 heavy (non-hydrogen) atoms. The van der Waals surface area contributed by atoms with E-state index in [1.807, 2.05) is 38.1 Å². The highest BCUT2D eigenvalue weighted by Crippen LogP contribution is 2.33. The van der Waals surface area contributed by atoms with Crippen LogP contribution in [0.2, 0.25) is 0 Å². The van der Waals surface area contributed by atoms with Gasteiger partial charge in [0.2, 0.25) is 5.91 Å². The lowest BCUT2D eigenvalue weighted by atomic mass is 10.2. The Hall–Kier alpha value is -2.65. The summed E-state index contributed by atoms with van der Waals surface area (Å²) in [7, 11) is 0. The third-order valence-corrected chi connectivity index (χ3v) is 6.02. The zero-order chi connectivity index (χ0) is 21.1. The van der Waals surface area contributed by atoms with E-state index in [2.05, 4.69) is 26.3 Å². The SMILES string of the molecule is Cc1ccc(Sc2cc(NC(=O)C(C)n3cc(Br)c(C)n3)cc([N+](=O)[O-])c2)cc1. The van der Waals surface area contributed by atoms with E-state index in [1.54, 1.807) is 23.9 Å². The number of anilines is 1. The summed E-state index contributed by atoms with van der Waals surface area (Å²) in [5, 5.41) is 18.4. The predicted octanol–water partition coefficient (Wildman–Crippen LogP) is 5.52. The number of nitrogens with one attached hydrogen (secondary N) is 1. The Balaban J connectivity index is 1.83. The third kappa shape index (κ3) is 5.24. The Labute approximate surface area is 180 Å². The minimum absolute atomic E-state index is 0.0808. The first-order chi connectivity index (χ1) is 13.7. The normalized spacial score (nSPS) is 11.9. The molecule has 0 aliphatic rings. The van der Waals surface area contributed by atoms with E-state index in [1.165, 1.54) is 23.9 Å². The van der Waals surface area contributed by atoms with Crippen LogP contribution < -0.4 is 5.32 Å². The van der Waals surface area contributed by atoms with Crippen LogP contribution in [0.1, 0.15) is 24.2 Å². The number of benzene rings is 2. The third-order valence-electron chi connectivity index (χ3n) is 4.26. The average molecular weight is 475 g/mol. The van der Waals surface area contributed by atoms with Crippen LogP contribution in [0.3, 0.4) is 0 Å². The van der Waals surface area contributed by atoms with Crippen molar-refractivity contribution in [2.75, 3.05) is 5.32 Å². The maximum absolute atomic E-state index is 12.7. The van der Waals surface area contributed by atoms with E-state index in [9.17, 15) is 14.9 Å². The van der Waals surface area contributed by atoms with E-state index in [4.69, 9.17) is 0 Å². The number of amides is 1. The first-order valence-electron chi connectivity index (χ1n) is 8.79. The van der Waals surface area contributed by atoms with Crippen molar-refractivity contribution in [1.29, 1.82) is 0 Å². The number of halogens is 1. The Bertz CT molecular complexity index is 1050. The summed E-state index contributed by atoms with van der Waals surface area (Å²) in [5.41, 5.74) is 2.20. The molecule has 2 aromatic carbocycles. The minimum atomic E-state index is -0.576. The first-order valence-corrected chi connectivity index (χ1v) is 10.4. The molecule has 0 saturated heterocycles. The Kier molecular flexibility index (Phi) is 6.39. The topological polar surface area (TPSA) is 90.1 Å². The number of carbonyl (C=O) groups is 1. The molecule has 3 aromatic rings. The molecule has 0 bridgehead atoms. The van der Waals surface area contributed by atoms with Crippen molar-refractivity contribution in [3.63, 3.8) is 0 Å². The van der Waals surface area contributed by atoms with Gasteiger partial charge in [0.15, 0.2) is 0 Å². The summed E-state index contributed by atoms with van der Waals surface area (Å²) in [6, 6.07) is 11.9. The van der Waals surface area contributed by atoms with Crippen molar-refractivity contribution >= 4 is 45.0 Å². The highest BCUT2D eigenvalue weighted by molar-refractivity contribution is 9.10. The van der Waals surface area contributed by atoms with Gasteiger partial charge >= 0.3 is 0 Å². The molecule has 1 amide bonds. The molecule has 1 unspecified atom stereocenters. The monoisotopic (exact) mass is 474 g/mol. The Morgan fingerprint density at radius 3 is 2.48 bits per heavy atom. The van der Waals surface area contributed by atoms with Crippen LogP contribution >= 0.6 is 27.7 Å². The Morgan fingerprint density at radius 2 is 1.90 bits per heavy atom. The van der Waals surface area contributed by atoms with E-state index in [0.29, 0.717) is 10.6 Å². The number of rotatable bonds is 6. The zero-order valence-corrected chi connectivity index (χ0v) is 18.5. The standard InChI is InChI=1S/C20H19BrN4O3S/c1-12-4-6-17(7-5-12)29-18-9-15(8-16(10-18)25(27)28)22-20(26)14(3)24-11-19(21)13(2)23-24/h4-11,14H,1-3H3,(H,22,26). The molecule has 1 atom stereocenters. The van der Waals surface area contributed by atoms with Crippen LogP contribution in [-0.2, 0) is 4.79 Å². The number of nitrogens with zero attached hydrogens (tertiary/aromatic N) is 3. The molecule has 1 heterocycles. The molecule has 0 spiro atoms. The van der Waals surface area contributed by atoms with Gasteiger partial charge < -0.3 is 5.32 Å². The Morgan fingerprint density at radius 1 is 1.21 bits per heavy atom. The van der Waals surface area contributed by atoms with Gasteiger partial charge in [0.25, 0.3) is 5.69 Å². The molecule has 0 aliphatic heterocycles. The van der Waals surface area contributed by atoms with Crippen molar-refractivity contribution < 1.29 is 9.72 Å². The van der Waals surface area contributed by atoms with Crippen LogP contribution in [0, 0.1) is 24.0 Å². The molecule has 1 N–H and O–H groups in total. The number of carbonyl (C=O) groups excluding carboxylic acids is 1. The van der Waals surface area contributed by atoms with Gasteiger partial charge in [0, 0.05) is 33.8 Å². The van der Waals surface area contributed by atoms with Crippen molar-refractivity contribution in [3.05, 3.63) is 74.5 Å². The van der Waals surface area contributed by atoms with Crippen LogP contribution in [0.5, 0.6) is 0 Å². The fraction of sp³-hybridized carbons (Fsp3) is 0.200. The fourth-order valence-electron chi connectivity index (χ4n) is 2.59. The van der Waals surface area contributed by atoms with E-state index < -0.39 is 11.0 Å². The number of nitro groups is 1. The molecule has 9 heteroatoms. The molecule has 0 aliphatic carbocycles. The van der Waals surface area contributed by atoms with Gasteiger partial charge in [-0.3, -0.25) is 19.6 Å². The lowest BCUT2D eigenvalue weighted by molar-refractivity contribution is -0.385. The number of hydrogen-bond donors (Lipinski definition) is 1.